The summed E-state index contributed by atoms with van der Waals surface area (Å²) < 4.78 is 8.73. The minimum Gasteiger partial charge on any atom is -0.447 e. The van der Waals surface area contributed by atoms with Crippen molar-refractivity contribution in [1.82, 2.24) is 0 Å². The molecule has 0 saturated carbocycles. The van der Waals surface area contributed by atoms with E-state index in [0.717, 1.165) is 0 Å². The van der Waals surface area contributed by atoms with Gasteiger partial charge in [0.25, 0.3) is 0 Å². The fraction of sp³-hybridized carbons (Fsp3) is 0.667. The molecule has 0 unspecified atom stereocenters. The molecular weight excluding hydrogens is 200 g/mol. The lowest BCUT2D eigenvalue weighted by Gasteiger charge is -1.93. The Balaban J connectivity index is 0. The SMILES string of the molecule is CCOC(=O)N=NC(=O)OCC.Cl. The standard InChI is InChI=1S/C6H10N2O4.ClH/c1-3-11-5(9)7-8-6(10)12-4-2;/h3-4H2,1-2H3;1H. The van der Waals surface area contributed by atoms with Gasteiger partial charge >= 0.3 is 12.2 Å². The molecule has 0 aromatic rings. The van der Waals surface area contributed by atoms with Crippen LogP contribution < -0.4 is 0 Å². The first-order valence-corrected chi connectivity index (χ1v) is 3.46. The number of rotatable bonds is 2. The molecule has 0 fully saturated rings. The maximum absolute atomic E-state index is 10.5. The molecule has 0 aliphatic rings. The maximum Gasteiger partial charge on any atom is 0.452 e. The van der Waals surface area contributed by atoms with Crippen LogP contribution in [-0.4, -0.2) is 25.4 Å². The van der Waals surface area contributed by atoms with Crippen LogP contribution in [0.2, 0.25) is 0 Å². The van der Waals surface area contributed by atoms with Gasteiger partial charge in [-0.05, 0) is 13.8 Å². The largest absolute Gasteiger partial charge is 0.452 e. The van der Waals surface area contributed by atoms with Crippen molar-refractivity contribution >= 4 is 24.6 Å². The molecule has 2 amide bonds. The molecule has 0 atom stereocenters. The van der Waals surface area contributed by atoms with Crippen molar-refractivity contribution in [3.63, 3.8) is 0 Å². The normalized spacial score (nSPS) is 9.08. The Morgan fingerprint density at radius 2 is 1.31 bits per heavy atom. The van der Waals surface area contributed by atoms with E-state index < -0.39 is 12.2 Å². The van der Waals surface area contributed by atoms with E-state index in [1.165, 1.54) is 0 Å². The van der Waals surface area contributed by atoms with Crippen molar-refractivity contribution in [3.05, 3.63) is 0 Å². The fourth-order valence-electron chi connectivity index (χ4n) is 0.386. The van der Waals surface area contributed by atoms with Crippen LogP contribution in [0.4, 0.5) is 9.59 Å². The first-order chi connectivity index (χ1) is 5.70. The summed E-state index contributed by atoms with van der Waals surface area (Å²) in [5, 5.41) is 5.84. The zero-order valence-corrected chi connectivity index (χ0v) is 8.17. The van der Waals surface area contributed by atoms with Crippen LogP contribution in [-0.2, 0) is 9.47 Å². The lowest BCUT2D eigenvalue weighted by atomic mass is 10.9. The molecular formula is C6H11ClN2O4. The summed E-state index contributed by atoms with van der Waals surface area (Å²) in [4.78, 5) is 20.9. The average molecular weight is 211 g/mol. The van der Waals surface area contributed by atoms with Gasteiger partial charge < -0.3 is 9.47 Å². The number of nitrogens with zero attached hydrogens (tertiary/aromatic N) is 2. The van der Waals surface area contributed by atoms with Gasteiger partial charge in [-0.15, -0.1) is 12.4 Å². The van der Waals surface area contributed by atoms with Crippen molar-refractivity contribution in [3.8, 4) is 0 Å². The number of ether oxygens (including phenoxy) is 2. The Bertz CT molecular complexity index is 175. The average Bonchev–Trinajstić information content (AvgIpc) is 2.02. The minimum absolute atomic E-state index is 0. The first kappa shape index (κ1) is 14.4. The van der Waals surface area contributed by atoms with Crippen LogP contribution in [0.25, 0.3) is 0 Å². The molecule has 13 heavy (non-hydrogen) atoms. The molecule has 0 heterocycles. The highest BCUT2D eigenvalue weighted by atomic mass is 35.5. The van der Waals surface area contributed by atoms with Gasteiger partial charge in [-0.25, -0.2) is 9.59 Å². The summed E-state index contributed by atoms with van der Waals surface area (Å²) in [6, 6.07) is 0. The highest BCUT2D eigenvalue weighted by Crippen LogP contribution is 1.88. The van der Waals surface area contributed by atoms with E-state index in [0.29, 0.717) is 0 Å². The van der Waals surface area contributed by atoms with E-state index in [1.807, 2.05) is 0 Å². The number of carbonyl (C=O) groups excluding carboxylic acids is 2. The minimum atomic E-state index is -0.898. The van der Waals surface area contributed by atoms with Gasteiger partial charge in [0.05, 0.1) is 13.2 Å². The van der Waals surface area contributed by atoms with Gasteiger partial charge in [0.2, 0.25) is 0 Å². The van der Waals surface area contributed by atoms with E-state index in [-0.39, 0.29) is 25.6 Å². The number of halogens is 1. The lowest BCUT2D eigenvalue weighted by Crippen LogP contribution is -2.00. The van der Waals surface area contributed by atoms with E-state index in [2.05, 4.69) is 19.7 Å². The third kappa shape index (κ3) is 8.74. The van der Waals surface area contributed by atoms with Crippen molar-refractivity contribution in [1.29, 1.82) is 0 Å². The molecule has 0 aromatic carbocycles. The molecule has 0 spiro atoms. The molecule has 0 aliphatic heterocycles. The Hall–Kier alpha value is -1.17. The molecule has 0 aromatic heterocycles. The van der Waals surface area contributed by atoms with Crippen LogP contribution in [0, 0.1) is 0 Å². The number of amides is 2. The summed E-state index contributed by atoms with van der Waals surface area (Å²) in [5.74, 6) is 0. The monoisotopic (exact) mass is 210 g/mol. The second-order valence-electron chi connectivity index (χ2n) is 1.60. The maximum atomic E-state index is 10.5. The van der Waals surface area contributed by atoms with Gasteiger partial charge in [-0.3, -0.25) is 0 Å². The number of azo groups is 1. The molecule has 0 saturated heterocycles. The predicted molar refractivity (Wildman–Crippen MR) is 46.1 cm³/mol. The molecule has 0 bridgehead atoms. The van der Waals surface area contributed by atoms with Crippen molar-refractivity contribution in [2.24, 2.45) is 10.2 Å². The van der Waals surface area contributed by atoms with Crippen LogP contribution >= 0.6 is 12.4 Å². The topological polar surface area (TPSA) is 77.3 Å². The van der Waals surface area contributed by atoms with Crippen molar-refractivity contribution < 1.29 is 19.1 Å². The Labute approximate surface area is 81.7 Å². The van der Waals surface area contributed by atoms with Gasteiger partial charge in [0.15, 0.2) is 0 Å². The smallest absolute Gasteiger partial charge is 0.447 e. The molecule has 0 radical (unpaired) electrons. The van der Waals surface area contributed by atoms with Gasteiger partial charge in [-0.2, -0.15) is 0 Å². The van der Waals surface area contributed by atoms with Crippen LogP contribution in [0.5, 0.6) is 0 Å². The summed E-state index contributed by atoms with van der Waals surface area (Å²) in [6.45, 7) is 3.64. The lowest BCUT2D eigenvalue weighted by molar-refractivity contribution is 0.152. The van der Waals surface area contributed by atoms with Crippen LogP contribution in [0.1, 0.15) is 13.8 Å². The third-order valence-electron chi connectivity index (χ3n) is 0.749. The highest BCUT2D eigenvalue weighted by molar-refractivity contribution is 5.85. The van der Waals surface area contributed by atoms with Gasteiger partial charge in [0, 0.05) is 0 Å². The molecule has 7 heteroatoms. The Morgan fingerprint density at radius 1 is 1.00 bits per heavy atom. The zero-order chi connectivity index (χ0) is 9.40. The second kappa shape index (κ2) is 8.92. The molecule has 0 N–H and O–H groups in total. The van der Waals surface area contributed by atoms with Crippen molar-refractivity contribution in [2.45, 2.75) is 13.8 Å². The first-order valence-electron chi connectivity index (χ1n) is 3.46. The Kier molecular flexibility index (Phi) is 9.86. The quantitative estimate of drug-likeness (QED) is 0.655. The van der Waals surface area contributed by atoms with Crippen LogP contribution in [0.3, 0.4) is 0 Å². The number of hydrogen-bond acceptors (Lipinski definition) is 4. The molecule has 6 nitrogen and oxygen atoms in total. The number of hydrogen-bond donors (Lipinski definition) is 0. The fourth-order valence-corrected chi connectivity index (χ4v) is 0.386. The van der Waals surface area contributed by atoms with Gasteiger partial charge in [-0.1, -0.05) is 10.2 Å². The summed E-state index contributed by atoms with van der Waals surface area (Å²) >= 11 is 0. The molecule has 0 aliphatic carbocycles. The van der Waals surface area contributed by atoms with E-state index in [1.54, 1.807) is 13.8 Å². The predicted octanol–water partition coefficient (Wildman–Crippen LogP) is 2.17. The molecule has 0 rings (SSSR count). The van der Waals surface area contributed by atoms with E-state index in [9.17, 15) is 9.59 Å². The van der Waals surface area contributed by atoms with Crippen molar-refractivity contribution in [2.75, 3.05) is 13.2 Å². The summed E-state index contributed by atoms with van der Waals surface area (Å²) in [5.41, 5.74) is 0. The zero-order valence-electron chi connectivity index (χ0n) is 7.35. The van der Waals surface area contributed by atoms with Crippen LogP contribution in [0.15, 0.2) is 10.2 Å². The van der Waals surface area contributed by atoms with E-state index >= 15 is 0 Å². The van der Waals surface area contributed by atoms with Gasteiger partial charge in [0.1, 0.15) is 0 Å². The number of carbonyl (C=O) groups is 2. The Morgan fingerprint density at radius 3 is 1.54 bits per heavy atom. The van der Waals surface area contributed by atoms with E-state index in [4.69, 9.17) is 0 Å². The summed E-state index contributed by atoms with van der Waals surface area (Å²) in [7, 11) is 0. The molecule has 76 valence electrons. The summed E-state index contributed by atoms with van der Waals surface area (Å²) in [6.07, 6.45) is -1.80. The second-order valence-corrected chi connectivity index (χ2v) is 1.60. The third-order valence-corrected chi connectivity index (χ3v) is 0.749. The highest BCUT2D eigenvalue weighted by Gasteiger charge is 2.00.